The highest BCUT2D eigenvalue weighted by atomic mass is 35.5. The summed E-state index contributed by atoms with van der Waals surface area (Å²) in [7, 11) is 0. The second kappa shape index (κ2) is 7.12. The van der Waals surface area contributed by atoms with Crippen molar-refractivity contribution < 1.29 is 9.66 Å². The molecule has 1 aliphatic heterocycles. The Morgan fingerprint density at radius 3 is 2.87 bits per heavy atom. The van der Waals surface area contributed by atoms with Gasteiger partial charge >= 0.3 is 0 Å². The molecule has 7 nitrogen and oxygen atoms in total. The summed E-state index contributed by atoms with van der Waals surface area (Å²) in [4.78, 5) is 17.9. The van der Waals surface area contributed by atoms with E-state index in [0.717, 1.165) is 23.7 Å². The predicted molar refractivity (Wildman–Crippen MR) is 90.6 cm³/mol. The Kier molecular flexibility index (Phi) is 4.94. The summed E-state index contributed by atoms with van der Waals surface area (Å²) in [5.41, 5.74) is 1.49. The molecule has 3 rings (SSSR count). The van der Waals surface area contributed by atoms with E-state index in [-0.39, 0.29) is 10.6 Å². The Balaban J connectivity index is 1.81. The molecule has 0 amide bonds. The molecule has 0 saturated carbocycles. The van der Waals surface area contributed by atoms with Gasteiger partial charge in [-0.2, -0.15) is 0 Å². The number of rotatable bonds is 5. The SMILES string of the molecule is O=[N+]([O-])c1ccc(N2CCOCC2)cc1NCc1cnc(Cl)s1. The van der Waals surface area contributed by atoms with E-state index in [2.05, 4.69) is 15.2 Å². The Bertz CT molecular complexity index is 703. The van der Waals surface area contributed by atoms with Crippen molar-refractivity contribution >= 4 is 40.0 Å². The summed E-state index contributed by atoms with van der Waals surface area (Å²) < 4.78 is 5.79. The Labute approximate surface area is 142 Å². The Hall–Kier alpha value is -1.90. The maximum Gasteiger partial charge on any atom is 0.292 e. The molecule has 122 valence electrons. The van der Waals surface area contributed by atoms with Crippen LogP contribution in [0.15, 0.2) is 24.4 Å². The van der Waals surface area contributed by atoms with Crippen LogP contribution in [0.2, 0.25) is 4.47 Å². The zero-order valence-corrected chi connectivity index (χ0v) is 13.8. The second-order valence-electron chi connectivity index (χ2n) is 4.99. The van der Waals surface area contributed by atoms with E-state index in [0.29, 0.717) is 29.9 Å². The minimum absolute atomic E-state index is 0.0534. The standard InChI is InChI=1S/C14H15ClN4O3S/c15-14-17-9-11(23-14)8-16-12-7-10(1-2-13(12)19(20)21)18-3-5-22-6-4-18/h1-2,7,9,16H,3-6,8H2. The number of halogens is 1. The zero-order valence-electron chi connectivity index (χ0n) is 12.2. The average Bonchev–Trinajstić information content (AvgIpc) is 2.99. The highest BCUT2D eigenvalue weighted by Crippen LogP contribution is 2.31. The minimum Gasteiger partial charge on any atom is -0.378 e. The van der Waals surface area contributed by atoms with Gasteiger partial charge in [-0.3, -0.25) is 10.1 Å². The summed E-state index contributed by atoms with van der Waals surface area (Å²) >= 11 is 7.15. The van der Waals surface area contributed by atoms with Crippen molar-refractivity contribution in [2.45, 2.75) is 6.54 Å². The number of nitro groups is 1. The monoisotopic (exact) mass is 354 g/mol. The first-order valence-corrected chi connectivity index (χ1v) is 8.28. The van der Waals surface area contributed by atoms with Crippen LogP contribution in [0, 0.1) is 10.1 Å². The summed E-state index contributed by atoms with van der Waals surface area (Å²) in [6, 6.07) is 5.12. The van der Waals surface area contributed by atoms with Crippen molar-refractivity contribution in [3.05, 3.63) is 43.9 Å². The fraction of sp³-hybridized carbons (Fsp3) is 0.357. The normalized spacial score (nSPS) is 14.7. The number of anilines is 2. The number of aromatic nitrogens is 1. The zero-order chi connectivity index (χ0) is 16.2. The second-order valence-corrected chi connectivity index (χ2v) is 6.69. The molecule has 1 aromatic heterocycles. The first kappa shape index (κ1) is 16.0. The third kappa shape index (κ3) is 3.90. The average molecular weight is 355 g/mol. The first-order valence-electron chi connectivity index (χ1n) is 7.09. The van der Waals surface area contributed by atoms with Gasteiger partial charge in [0.15, 0.2) is 4.47 Å². The molecule has 1 aromatic carbocycles. The molecule has 0 aliphatic carbocycles. The maximum atomic E-state index is 11.2. The first-order chi connectivity index (χ1) is 11.1. The molecule has 0 atom stereocenters. The molecule has 1 aliphatic rings. The predicted octanol–water partition coefficient (Wildman–Crippen LogP) is 3.15. The summed E-state index contributed by atoms with van der Waals surface area (Å²) in [6.45, 7) is 3.33. The third-order valence-electron chi connectivity index (χ3n) is 3.53. The molecule has 0 bridgehead atoms. The number of thiazole rings is 1. The molecule has 0 radical (unpaired) electrons. The lowest BCUT2D eigenvalue weighted by Crippen LogP contribution is -2.36. The third-order valence-corrected chi connectivity index (χ3v) is 4.65. The van der Waals surface area contributed by atoms with E-state index in [1.54, 1.807) is 12.3 Å². The van der Waals surface area contributed by atoms with Gasteiger partial charge in [0.05, 0.1) is 24.7 Å². The Morgan fingerprint density at radius 2 is 2.22 bits per heavy atom. The summed E-state index contributed by atoms with van der Waals surface area (Å²) in [5.74, 6) is 0. The lowest BCUT2D eigenvalue weighted by molar-refractivity contribution is -0.384. The van der Waals surface area contributed by atoms with Gasteiger partial charge in [-0.1, -0.05) is 11.6 Å². The fourth-order valence-corrected chi connectivity index (χ4v) is 3.31. The molecule has 0 unspecified atom stereocenters. The number of ether oxygens (including phenoxy) is 1. The Morgan fingerprint density at radius 1 is 1.43 bits per heavy atom. The smallest absolute Gasteiger partial charge is 0.292 e. The van der Waals surface area contributed by atoms with E-state index in [4.69, 9.17) is 16.3 Å². The van der Waals surface area contributed by atoms with Crippen LogP contribution < -0.4 is 10.2 Å². The van der Waals surface area contributed by atoms with Crippen LogP contribution in [0.3, 0.4) is 0 Å². The van der Waals surface area contributed by atoms with Gasteiger partial charge in [0.2, 0.25) is 0 Å². The molecular formula is C14H15ClN4O3S. The van der Waals surface area contributed by atoms with Crippen LogP contribution in [-0.2, 0) is 11.3 Å². The van der Waals surface area contributed by atoms with Crippen LogP contribution in [0.4, 0.5) is 17.1 Å². The van der Waals surface area contributed by atoms with Gasteiger partial charge in [0.1, 0.15) is 5.69 Å². The summed E-state index contributed by atoms with van der Waals surface area (Å²) in [6.07, 6.45) is 1.66. The van der Waals surface area contributed by atoms with Crippen molar-refractivity contribution in [2.24, 2.45) is 0 Å². The molecule has 1 fully saturated rings. The largest absolute Gasteiger partial charge is 0.378 e. The molecule has 9 heteroatoms. The molecule has 1 saturated heterocycles. The van der Waals surface area contributed by atoms with Gasteiger partial charge in [-0.15, -0.1) is 11.3 Å². The van der Waals surface area contributed by atoms with Crippen LogP contribution in [0.1, 0.15) is 4.88 Å². The van der Waals surface area contributed by atoms with Crippen LogP contribution >= 0.6 is 22.9 Å². The summed E-state index contributed by atoms with van der Waals surface area (Å²) in [5, 5.41) is 14.3. The molecule has 2 aromatic rings. The highest BCUT2D eigenvalue weighted by molar-refractivity contribution is 7.15. The minimum atomic E-state index is -0.384. The lowest BCUT2D eigenvalue weighted by Gasteiger charge is -2.29. The van der Waals surface area contributed by atoms with E-state index in [1.807, 2.05) is 6.07 Å². The van der Waals surface area contributed by atoms with Crippen molar-refractivity contribution in [1.29, 1.82) is 0 Å². The van der Waals surface area contributed by atoms with Crippen LogP contribution in [0.5, 0.6) is 0 Å². The maximum absolute atomic E-state index is 11.2. The van der Waals surface area contributed by atoms with Crippen molar-refractivity contribution in [3.8, 4) is 0 Å². The molecule has 2 heterocycles. The van der Waals surface area contributed by atoms with Gasteiger partial charge < -0.3 is 15.0 Å². The molecule has 0 spiro atoms. The lowest BCUT2D eigenvalue weighted by atomic mass is 10.2. The van der Waals surface area contributed by atoms with Crippen molar-refractivity contribution in [2.75, 3.05) is 36.5 Å². The van der Waals surface area contributed by atoms with E-state index >= 15 is 0 Å². The van der Waals surface area contributed by atoms with Gasteiger partial charge in [0, 0.05) is 35.9 Å². The van der Waals surface area contributed by atoms with E-state index in [9.17, 15) is 10.1 Å². The van der Waals surface area contributed by atoms with Gasteiger partial charge in [-0.05, 0) is 12.1 Å². The van der Waals surface area contributed by atoms with Crippen molar-refractivity contribution in [1.82, 2.24) is 4.98 Å². The topological polar surface area (TPSA) is 80.5 Å². The van der Waals surface area contributed by atoms with Crippen molar-refractivity contribution in [3.63, 3.8) is 0 Å². The van der Waals surface area contributed by atoms with Crippen LogP contribution in [-0.4, -0.2) is 36.2 Å². The fourth-order valence-electron chi connectivity index (χ4n) is 2.39. The van der Waals surface area contributed by atoms with Gasteiger partial charge in [0.25, 0.3) is 5.69 Å². The number of morpholine rings is 1. The van der Waals surface area contributed by atoms with E-state index in [1.165, 1.54) is 17.4 Å². The number of hydrogen-bond acceptors (Lipinski definition) is 7. The van der Waals surface area contributed by atoms with Gasteiger partial charge in [-0.25, -0.2) is 4.98 Å². The molecule has 1 N–H and O–H groups in total. The van der Waals surface area contributed by atoms with Crippen LogP contribution in [0.25, 0.3) is 0 Å². The number of hydrogen-bond donors (Lipinski definition) is 1. The number of nitrogens with zero attached hydrogens (tertiary/aromatic N) is 3. The quantitative estimate of drug-likeness (QED) is 0.656. The number of benzene rings is 1. The number of nitrogens with one attached hydrogen (secondary N) is 1. The van der Waals surface area contributed by atoms with E-state index < -0.39 is 0 Å². The molecular weight excluding hydrogens is 340 g/mol. The highest BCUT2D eigenvalue weighted by Gasteiger charge is 2.18. The number of nitro benzene ring substituents is 1. The molecule has 23 heavy (non-hydrogen) atoms.